The maximum absolute atomic E-state index is 12.8. The third kappa shape index (κ3) is 2.88. The molecule has 0 aromatic carbocycles. The number of hydrogen-bond acceptors (Lipinski definition) is 4. The quantitative estimate of drug-likeness (QED) is 0.904. The van der Waals surface area contributed by atoms with Crippen LogP contribution in [0.15, 0.2) is 12.5 Å². The van der Waals surface area contributed by atoms with Crippen molar-refractivity contribution in [1.29, 1.82) is 0 Å². The summed E-state index contributed by atoms with van der Waals surface area (Å²) in [5.41, 5.74) is 0.251. The number of aromatic nitrogens is 5. The molecule has 2 aromatic heterocycles. The Balaban J connectivity index is 2.12. The van der Waals surface area contributed by atoms with Gasteiger partial charge in [-0.2, -0.15) is 15.2 Å². The predicted octanol–water partition coefficient (Wildman–Crippen LogP) is 2.14. The highest BCUT2D eigenvalue weighted by atomic mass is 19.3. The molecule has 8 heteroatoms. The molecule has 104 valence electrons. The zero-order valence-electron chi connectivity index (χ0n) is 11.0. The molecule has 0 radical (unpaired) electrons. The summed E-state index contributed by atoms with van der Waals surface area (Å²) in [7, 11) is 1.62. The molecule has 0 bridgehead atoms. The van der Waals surface area contributed by atoms with E-state index in [9.17, 15) is 8.78 Å². The fourth-order valence-electron chi connectivity index (χ4n) is 1.80. The first-order chi connectivity index (χ1) is 8.99. The molecular weight excluding hydrogens is 254 g/mol. The topological polar surface area (TPSA) is 60.6 Å². The van der Waals surface area contributed by atoms with Crippen LogP contribution in [-0.2, 0) is 13.6 Å². The summed E-state index contributed by atoms with van der Waals surface area (Å²) in [5.74, 6) is 0.555. The van der Waals surface area contributed by atoms with Crippen molar-refractivity contribution in [2.24, 2.45) is 7.05 Å². The average molecular weight is 270 g/mol. The fraction of sp³-hybridized carbons (Fsp3) is 0.545. The van der Waals surface area contributed by atoms with E-state index in [-0.39, 0.29) is 18.3 Å². The summed E-state index contributed by atoms with van der Waals surface area (Å²) in [5, 5.41) is 10.8. The average Bonchev–Trinajstić information content (AvgIpc) is 2.92. The van der Waals surface area contributed by atoms with Crippen molar-refractivity contribution >= 4 is 5.95 Å². The lowest BCUT2D eigenvalue weighted by Gasteiger charge is -2.10. The maximum atomic E-state index is 12.8. The predicted molar refractivity (Wildman–Crippen MR) is 65.9 cm³/mol. The van der Waals surface area contributed by atoms with E-state index in [2.05, 4.69) is 20.5 Å². The van der Waals surface area contributed by atoms with Gasteiger partial charge in [0.1, 0.15) is 12.0 Å². The number of halogens is 2. The van der Waals surface area contributed by atoms with Gasteiger partial charge in [0, 0.05) is 25.4 Å². The molecule has 6 nitrogen and oxygen atoms in total. The highest BCUT2D eigenvalue weighted by Gasteiger charge is 2.17. The summed E-state index contributed by atoms with van der Waals surface area (Å²) in [4.78, 5) is 4.06. The van der Waals surface area contributed by atoms with Crippen molar-refractivity contribution in [2.45, 2.75) is 32.9 Å². The van der Waals surface area contributed by atoms with Gasteiger partial charge in [0.2, 0.25) is 5.95 Å². The lowest BCUT2D eigenvalue weighted by atomic mass is 10.2. The lowest BCUT2D eigenvalue weighted by molar-refractivity contribution is 0.144. The normalized spacial score (nSPS) is 11.5. The summed E-state index contributed by atoms with van der Waals surface area (Å²) >= 11 is 0. The lowest BCUT2D eigenvalue weighted by Crippen LogP contribution is -2.11. The second-order valence-corrected chi connectivity index (χ2v) is 4.49. The Labute approximate surface area is 109 Å². The SMILES string of the molecule is CC(C)n1ncnc1NCc1cn(C)nc1C(F)F. The van der Waals surface area contributed by atoms with Crippen molar-refractivity contribution < 1.29 is 8.78 Å². The highest BCUT2D eigenvalue weighted by Crippen LogP contribution is 2.21. The van der Waals surface area contributed by atoms with Crippen LogP contribution in [0, 0.1) is 0 Å². The number of rotatable bonds is 5. The van der Waals surface area contributed by atoms with Crippen LogP contribution in [0.25, 0.3) is 0 Å². The van der Waals surface area contributed by atoms with Gasteiger partial charge in [-0.1, -0.05) is 0 Å². The molecule has 0 aliphatic carbocycles. The first-order valence-electron chi connectivity index (χ1n) is 5.93. The van der Waals surface area contributed by atoms with Crippen LogP contribution in [0.3, 0.4) is 0 Å². The summed E-state index contributed by atoms with van der Waals surface area (Å²) in [6.45, 7) is 4.17. The van der Waals surface area contributed by atoms with Crippen LogP contribution in [0.1, 0.15) is 37.6 Å². The van der Waals surface area contributed by atoms with Crippen LogP contribution in [0.2, 0.25) is 0 Å². The number of aryl methyl sites for hydroxylation is 1. The van der Waals surface area contributed by atoms with E-state index in [0.29, 0.717) is 11.5 Å². The molecule has 0 aliphatic heterocycles. The van der Waals surface area contributed by atoms with E-state index >= 15 is 0 Å². The van der Waals surface area contributed by atoms with Crippen LogP contribution in [0.4, 0.5) is 14.7 Å². The number of hydrogen-bond donors (Lipinski definition) is 1. The van der Waals surface area contributed by atoms with Crippen LogP contribution in [-0.4, -0.2) is 24.5 Å². The van der Waals surface area contributed by atoms with E-state index in [0.717, 1.165) is 0 Å². The third-order valence-corrected chi connectivity index (χ3v) is 2.64. The molecule has 2 heterocycles. The number of alkyl halides is 2. The molecule has 2 rings (SSSR count). The molecular formula is C11H16F2N6. The van der Waals surface area contributed by atoms with Crippen molar-refractivity contribution in [3.63, 3.8) is 0 Å². The molecule has 0 spiro atoms. The molecule has 0 aliphatic rings. The molecule has 0 saturated heterocycles. The minimum absolute atomic E-state index is 0.147. The minimum Gasteiger partial charge on any atom is -0.350 e. The van der Waals surface area contributed by atoms with Gasteiger partial charge in [-0.25, -0.2) is 13.5 Å². The Morgan fingerprint density at radius 3 is 2.74 bits per heavy atom. The van der Waals surface area contributed by atoms with Gasteiger partial charge < -0.3 is 5.32 Å². The van der Waals surface area contributed by atoms with Gasteiger partial charge in [0.25, 0.3) is 6.43 Å². The Morgan fingerprint density at radius 1 is 1.37 bits per heavy atom. The second-order valence-electron chi connectivity index (χ2n) is 4.49. The first kappa shape index (κ1) is 13.4. The Morgan fingerprint density at radius 2 is 2.11 bits per heavy atom. The van der Waals surface area contributed by atoms with E-state index in [4.69, 9.17) is 0 Å². The summed E-state index contributed by atoms with van der Waals surface area (Å²) in [6, 6.07) is 0.147. The van der Waals surface area contributed by atoms with Crippen LogP contribution < -0.4 is 5.32 Å². The van der Waals surface area contributed by atoms with Gasteiger partial charge in [0.15, 0.2) is 0 Å². The first-order valence-corrected chi connectivity index (χ1v) is 5.93. The number of anilines is 1. The van der Waals surface area contributed by atoms with Gasteiger partial charge in [-0.3, -0.25) is 4.68 Å². The van der Waals surface area contributed by atoms with E-state index < -0.39 is 6.43 Å². The molecule has 2 aromatic rings. The second kappa shape index (κ2) is 5.33. The van der Waals surface area contributed by atoms with Crippen molar-refractivity contribution in [1.82, 2.24) is 24.5 Å². The largest absolute Gasteiger partial charge is 0.350 e. The molecule has 0 atom stereocenters. The molecule has 0 amide bonds. The third-order valence-electron chi connectivity index (χ3n) is 2.64. The van der Waals surface area contributed by atoms with E-state index in [1.165, 1.54) is 11.0 Å². The zero-order chi connectivity index (χ0) is 14.0. The minimum atomic E-state index is -2.58. The molecule has 19 heavy (non-hydrogen) atoms. The summed E-state index contributed by atoms with van der Waals surface area (Å²) < 4.78 is 28.6. The van der Waals surface area contributed by atoms with E-state index in [1.54, 1.807) is 17.9 Å². The van der Waals surface area contributed by atoms with Crippen molar-refractivity contribution in [3.8, 4) is 0 Å². The smallest absolute Gasteiger partial charge is 0.282 e. The number of nitrogens with zero attached hydrogens (tertiary/aromatic N) is 5. The van der Waals surface area contributed by atoms with Crippen LogP contribution in [0.5, 0.6) is 0 Å². The monoisotopic (exact) mass is 270 g/mol. The Bertz CT molecular complexity index is 545. The number of nitrogens with one attached hydrogen (secondary N) is 1. The molecule has 0 fully saturated rings. The van der Waals surface area contributed by atoms with Crippen molar-refractivity contribution in [2.75, 3.05) is 5.32 Å². The maximum Gasteiger partial charge on any atom is 0.282 e. The van der Waals surface area contributed by atoms with Gasteiger partial charge in [0.05, 0.1) is 6.04 Å². The fourth-order valence-corrected chi connectivity index (χ4v) is 1.80. The highest BCUT2D eigenvalue weighted by molar-refractivity contribution is 5.29. The van der Waals surface area contributed by atoms with Gasteiger partial charge in [-0.05, 0) is 13.8 Å². The molecule has 0 unspecified atom stereocenters. The standard InChI is InChI=1S/C11H16F2N6/c1-7(2)19-11(15-6-16-19)14-4-8-5-18(3)17-9(8)10(12)13/h5-7,10H,4H2,1-3H3,(H,14,15,16). The van der Waals surface area contributed by atoms with Gasteiger partial charge in [-0.15, -0.1) is 0 Å². The van der Waals surface area contributed by atoms with E-state index in [1.807, 2.05) is 13.8 Å². The Kier molecular flexibility index (Phi) is 3.77. The van der Waals surface area contributed by atoms with Crippen LogP contribution >= 0.6 is 0 Å². The Hall–Kier alpha value is -1.99. The van der Waals surface area contributed by atoms with Crippen molar-refractivity contribution in [3.05, 3.63) is 23.8 Å². The summed E-state index contributed by atoms with van der Waals surface area (Å²) in [6.07, 6.45) is 0.422. The van der Waals surface area contributed by atoms with Gasteiger partial charge >= 0.3 is 0 Å². The zero-order valence-corrected chi connectivity index (χ0v) is 11.0. The molecule has 1 N–H and O–H groups in total. The molecule has 0 saturated carbocycles.